The Morgan fingerprint density at radius 1 is 1.07 bits per heavy atom. The van der Waals surface area contributed by atoms with Crippen LogP contribution in [0, 0.1) is 0 Å². The first-order valence-electron chi connectivity index (χ1n) is 10.3. The minimum absolute atomic E-state index is 0.0451. The molecule has 2 aliphatic heterocycles. The van der Waals surface area contributed by atoms with Crippen LogP contribution in [0.5, 0.6) is 0 Å². The molecule has 154 valence electrons. The van der Waals surface area contributed by atoms with Gasteiger partial charge in [0, 0.05) is 43.2 Å². The number of hydrogen-bond donors (Lipinski definition) is 0. The molecule has 2 fully saturated rings. The summed E-state index contributed by atoms with van der Waals surface area (Å²) < 4.78 is 2.03. The van der Waals surface area contributed by atoms with E-state index in [9.17, 15) is 9.59 Å². The van der Waals surface area contributed by atoms with Gasteiger partial charge in [-0.15, -0.1) is 10.2 Å². The number of carbonyl (C=O) groups excluding carboxylic acids is 2. The molecule has 0 unspecified atom stereocenters. The summed E-state index contributed by atoms with van der Waals surface area (Å²) in [5.41, 5.74) is 2.01. The van der Waals surface area contributed by atoms with Crippen LogP contribution in [-0.2, 0) is 4.79 Å². The maximum atomic E-state index is 13.3. The van der Waals surface area contributed by atoms with Gasteiger partial charge in [-0.25, -0.2) is 0 Å². The van der Waals surface area contributed by atoms with E-state index < -0.39 is 0 Å². The van der Waals surface area contributed by atoms with Crippen molar-refractivity contribution in [2.45, 2.75) is 31.6 Å². The van der Waals surface area contributed by atoms with Crippen LogP contribution in [0.25, 0.3) is 5.65 Å². The summed E-state index contributed by atoms with van der Waals surface area (Å²) in [6, 6.07) is 11.0. The molecule has 0 saturated carbocycles. The minimum atomic E-state index is -0.0501. The molecule has 2 saturated heterocycles. The van der Waals surface area contributed by atoms with Crippen LogP contribution in [-0.4, -0.2) is 50.9 Å². The highest BCUT2D eigenvalue weighted by molar-refractivity contribution is 6.31. The van der Waals surface area contributed by atoms with Gasteiger partial charge in [0.1, 0.15) is 5.82 Å². The van der Waals surface area contributed by atoms with Crippen molar-refractivity contribution in [1.29, 1.82) is 0 Å². The van der Waals surface area contributed by atoms with E-state index in [4.69, 9.17) is 11.6 Å². The average molecular weight is 424 g/mol. The van der Waals surface area contributed by atoms with Gasteiger partial charge in [0.2, 0.25) is 5.91 Å². The summed E-state index contributed by atoms with van der Waals surface area (Å²) in [6.45, 7) is 1.91. The van der Waals surface area contributed by atoms with Crippen LogP contribution in [0.3, 0.4) is 0 Å². The van der Waals surface area contributed by atoms with Gasteiger partial charge in [-0.3, -0.25) is 14.0 Å². The number of amides is 2. The third kappa shape index (κ3) is 3.33. The highest BCUT2D eigenvalue weighted by atomic mass is 35.5. The second-order valence-electron chi connectivity index (χ2n) is 7.86. The summed E-state index contributed by atoms with van der Waals surface area (Å²) in [7, 11) is 0. The standard InChI is InChI=1S/C22H22ClN5O2/c23-16-6-7-17(18(14-16)27-11-3-5-20(27)29)22(30)26-12-8-15(9-13-26)21-25-24-19-4-1-2-10-28(19)21/h1-2,4,6-7,10,14-15H,3,5,8-9,11-13H2. The third-order valence-corrected chi connectivity index (χ3v) is 6.28. The number of likely N-dealkylation sites (tertiary alicyclic amines) is 1. The summed E-state index contributed by atoms with van der Waals surface area (Å²) in [4.78, 5) is 29.1. The molecule has 30 heavy (non-hydrogen) atoms. The highest BCUT2D eigenvalue weighted by Crippen LogP contribution is 2.32. The molecule has 8 heteroatoms. The van der Waals surface area contributed by atoms with Gasteiger partial charge < -0.3 is 9.80 Å². The van der Waals surface area contributed by atoms with E-state index in [1.54, 1.807) is 23.1 Å². The number of hydrogen-bond acceptors (Lipinski definition) is 4. The van der Waals surface area contributed by atoms with E-state index in [-0.39, 0.29) is 17.7 Å². The van der Waals surface area contributed by atoms with Crippen molar-refractivity contribution in [3.63, 3.8) is 0 Å². The van der Waals surface area contributed by atoms with Crippen LogP contribution >= 0.6 is 11.6 Å². The van der Waals surface area contributed by atoms with Crippen LogP contribution in [0.4, 0.5) is 5.69 Å². The van der Waals surface area contributed by atoms with E-state index in [1.807, 2.05) is 33.7 Å². The number of carbonyl (C=O) groups is 2. The largest absolute Gasteiger partial charge is 0.339 e. The number of nitrogens with zero attached hydrogens (tertiary/aromatic N) is 5. The number of pyridine rings is 1. The summed E-state index contributed by atoms with van der Waals surface area (Å²) in [5, 5.41) is 9.16. The zero-order valence-electron chi connectivity index (χ0n) is 16.5. The molecule has 1 aromatic carbocycles. The van der Waals surface area contributed by atoms with E-state index >= 15 is 0 Å². The Hall–Kier alpha value is -2.93. The molecular weight excluding hydrogens is 402 g/mol. The zero-order chi connectivity index (χ0) is 20.7. The first-order valence-corrected chi connectivity index (χ1v) is 10.7. The van der Waals surface area contributed by atoms with Gasteiger partial charge in [0.15, 0.2) is 5.65 Å². The van der Waals surface area contributed by atoms with Crippen molar-refractivity contribution in [2.24, 2.45) is 0 Å². The first-order chi connectivity index (χ1) is 14.6. The fourth-order valence-electron chi connectivity index (χ4n) is 4.46. The summed E-state index contributed by atoms with van der Waals surface area (Å²) in [6.07, 6.45) is 4.95. The molecule has 0 spiro atoms. The predicted molar refractivity (Wildman–Crippen MR) is 114 cm³/mol. The quantitative estimate of drug-likeness (QED) is 0.646. The SMILES string of the molecule is O=C(c1ccc(Cl)cc1N1CCCC1=O)N1CCC(c2nnc3ccccn23)CC1. The number of piperidine rings is 1. The van der Waals surface area contributed by atoms with Gasteiger partial charge in [0.25, 0.3) is 5.91 Å². The lowest BCUT2D eigenvalue weighted by atomic mass is 9.95. The molecule has 4 heterocycles. The van der Waals surface area contributed by atoms with Crippen molar-refractivity contribution in [2.75, 3.05) is 24.5 Å². The second kappa shape index (κ2) is 7.72. The fourth-order valence-corrected chi connectivity index (χ4v) is 4.63. The van der Waals surface area contributed by atoms with Crippen LogP contribution in [0.2, 0.25) is 5.02 Å². The summed E-state index contributed by atoms with van der Waals surface area (Å²) in [5.74, 6) is 1.21. The second-order valence-corrected chi connectivity index (χ2v) is 8.30. The van der Waals surface area contributed by atoms with E-state index in [0.717, 1.165) is 30.7 Å². The maximum Gasteiger partial charge on any atom is 0.255 e. The normalized spacial score (nSPS) is 17.8. The Bertz CT molecular complexity index is 1120. The van der Waals surface area contributed by atoms with Crippen molar-refractivity contribution in [1.82, 2.24) is 19.5 Å². The van der Waals surface area contributed by atoms with Gasteiger partial charge in [-0.05, 0) is 49.6 Å². The minimum Gasteiger partial charge on any atom is -0.339 e. The predicted octanol–water partition coefficient (Wildman–Crippen LogP) is 3.53. The lowest BCUT2D eigenvalue weighted by Gasteiger charge is -2.32. The first kappa shape index (κ1) is 19.1. The maximum absolute atomic E-state index is 13.3. The van der Waals surface area contributed by atoms with Crippen molar-refractivity contribution >= 4 is 34.7 Å². The summed E-state index contributed by atoms with van der Waals surface area (Å²) >= 11 is 6.18. The molecule has 2 aromatic heterocycles. The smallest absolute Gasteiger partial charge is 0.255 e. The Labute approximate surface area is 179 Å². The lowest BCUT2D eigenvalue weighted by Crippen LogP contribution is -2.39. The number of halogens is 1. The lowest BCUT2D eigenvalue weighted by molar-refractivity contribution is -0.117. The van der Waals surface area contributed by atoms with Crippen LogP contribution < -0.4 is 4.90 Å². The van der Waals surface area contributed by atoms with Crippen molar-refractivity contribution in [3.05, 3.63) is 59.0 Å². The van der Waals surface area contributed by atoms with E-state index in [2.05, 4.69) is 10.2 Å². The van der Waals surface area contributed by atoms with E-state index in [0.29, 0.717) is 42.3 Å². The molecular formula is C22H22ClN5O2. The molecule has 0 radical (unpaired) electrons. The molecule has 5 rings (SSSR count). The molecule has 0 N–H and O–H groups in total. The van der Waals surface area contributed by atoms with Gasteiger partial charge in [-0.1, -0.05) is 17.7 Å². The Balaban J connectivity index is 1.34. The number of rotatable bonds is 3. The monoisotopic (exact) mass is 423 g/mol. The number of benzene rings is 1. The van der Waals surface area contributed by atoms with Crippen LogP contribution in [0.1, 0.15) is 47.8 Å². The number of aromatic nitrogens is 3. The van der Waals surface area contributed by atoms with Gasteiger partial charge >= 0.3 is 0 Å². The van der Waals surface area contributed by atoms with Crippen molar-refractivity contribution in [3.8, 4) is 0 Å². The Morgan fingerprint density at radius 3 is 2.67 bits per heavy atom. The Kier molecular flexibility index (Phi) is 4.90. The molecule has 2 amide bonds. The zero-order valence-corrected chi connectivity index (χ0v) is 17.3. The third-order valence-electron chi connectivity index (χ3n) is 6.04. The Morgan fingerprint density at radius 2 is 1.90 bits per heavy atom. The molecule has 0 atom stereocenters. The number of fused-ring (bicyclic) bond motifs is 1. The number of anilines is 1. The topological polar surface area (TPSA) is 70.8 Å². The van der Waals surface area contributed by atoms with E-state index in [1.165, 1.54) is 0 Å². The van der Waals surface area contributed by atoms with Gasteiger partial charge in [-0.2, -0.15) is 0 Å². The van der Waals surface area contributed by atoms with Crippen LogP contribution in [0.15, 0.2) is 42.6 Å². The highest BCUT2D eigenvalue weighted by Gasteiger charge is 2.31. The molecule has 0 aliphatic carbocycles. The molecule has 7 nitrogen and oxygen atoms in total. The van der Waals surface area contributed by atoms with Gasteiger partial charge in [0.05, 0.1) is 11.3 Å². The van der Waals surface area contributed by atoms with Crippen molar-refractivity contribution < 1.29 is 9.59 Å². The molecule has 2 aliphatic rings. The molecule has 3 aromatic rings. The average Bonchev–Trinajstić information content (AvgIpc) is 3.39. The molecule has 0 bridgehead atoms. The fraction of sp³-hybridized carbons (Fsp3) is 0.364.